The lowest BCUT2D eigenvalue weighted by Gasteiger charge is -2.33. The van der Waals surface area contributed by atoms with Crippen molar-refractivity contribution in [1.82, 2.24) is 10.2 Å². The molecule has 3 rings (SSSR count). The van der Waals surface area contributed by atoms with Gasteiger partial charge in [-0.25, -0.2) is 8.42 Å². The Bertz CT molecular complexity index is 1380. The van der Waals surface area contributed by atoms with Gasteiger partial charge >= 0.3 is 0 Å². The van der Waals surface area contributed by atoms with E-state index in [0.29, 0.717) is 5.75 Å². The number of ether oxygens (including phenoxy) is 1. The highest BCUT2D eigenvalue weighted by molar-refractivity contribution is 7.92. The average Bonchev–Trinajstić information content (AvgIpc) is 2.95. The van der Waals surface area contributed by atoms with Gasteiger partial charge in [-0.1, -0.05) is 61.5 Å². The lowest BCUT2D eigenvalue weighted by atomic mass is 10.1. The molecular weight excluding hydrogens is 514 g/mol. The predicted octanol–water partition coefficient (Wildman–Crippen LogP) is 4.53. The Morgan fingerprint density at radius 1 is 0.923 bits per heavy atom. The van der Waals surface area contributed by atoms with Gasteiger partial charge in [0.05, 0.1) is 17.7 Å². The molecule has 3 aromatic rings. The summed E-state index contributed by atoms with van der Waals surface area (Å²) in [5.74, 6) is -0.519. The van der Waals surface area contributed by atoms with Gasteiger partial charge in [0.15, 0.2) is 0 Å². The van der Waals surface area contributed by atoms with E-state index in [-0.39, 0.29) is 29.1 Å². The molecule has 0 aliphatic carbocycles. The van der Waals surface area contributed by atoms with Crippen LogP contribution in [0.1, 0.15) is 38.3 Å². The molecule has 2 amide bonds. The van der Waals surface area contributed by atoms with Crippen molar-refractivity contribution in [3.63, 3.8) is 0 Å². The Morgan fingerprint density at radius 3 is 2.18 bits per heavy atom. The molecule has 0 fully saturated rings. The summed E-state index contributed by atoms with van der Waals surface area (Å²) in [4.78, 5) is 28.6. The number of benzene rings is 3. The molecule has 2 atom stereocenters. The third-order valence-corrected chi connectivity index (χ3v) is 8.51. The van der Waals surface area contributed by atoms with Gasteiger partial charge in [0.25, 0.3) is 10.0 Å². The van der Waals surface area contributed by atoms with Gasteiger partial charge in [-0.3, -0.25) is 13.9 Å². The zero-order valence-electron chi connectivity index (χ0n) is 23.1. The van der Waals surface area contributed by atoms with Crippen LogP contribution in [0.2, 0.25) is 0 Å². The minimum Gasteiger partial charge on any atom is -0.495 e. The lowest BCUT2D eigenvalue weighted by molar-refractivity contribution is -0.139. The van der Waals surface area contributed by atoms with Crippen molar-refractivity contribution in [2.75, 3.05) is 18.0 Å². The normalized spacial score (nSPS) is 12.7. The summed E-state index contributed by atoms with van der Waals surface area (Å²) < 4.78 is 34.3. The zero-order chi connectivity index (χ0) is 28.6. The first-order chi connectivity index (χ1) is 18.6. The van der Waals surface area contributed by atoms with E-state index in [1.807, 2.05) is 45.0 Å². The number of nitrogens with one attached hydrogen (secondary N) is 1. The molecule has 0 bridgehead atoms. The first kappa shape index (κ1) is 29.7. The second-order valence-electron chi connectivity index (χ2n) is 9.44. The summed E-state index contributed by atoms with van der Waals surface area (Å²) in [5.41, 5.74) is 2.05. The van der Waals surface area contributed by atoms with Crippen LogP contribution in [0.4, 0.5) is 5.69 Å². The molecule has 0 heterocycles. The van der Waals surface area contributed by atoms with E-state index in [2.05, 4.69) is 5.32 Å². The molecule has 0 radical (unpaired) electrons. The van der Waals surface area contributed by atoms with Crippen LogP contribution in [-0.2, 0) is 26.2 Å². The number of carbonyl (C=O) groups excluding carboxylic acids is 2. The van der Waals surface area contributed by atoms with Gasteiger partial charge in [-0.05, 0) is 62.6 Å². The van der Waals surface area contributed by atoms with Crippen molar-refractivity contribution in [3.05, 3.63) is 90.0 Å². The van der Waals surface area contributed by atoms with E-state index < -0.39 is 28.5 Å². The molecule has 0 saturated carbocycles. The maximum absolute atomic E-state index is 14.0. The summed E-state index contributed by atoms with van der Waals surface area (Å²) in [5, 5.41) is 2.94. The van der Waals surface area contributed by atoms with Crippen LogP contribution in [0.5, 0.6) is 5.75 Å². The largest absolute Gasteiger partial charge is 0.495 e. The van der Waals surface area contributed by atoms with Crippen LogP contribution < -0.4 is 14.4 Å². The van der Waals surface area contributed by atoms with E-state index >= 15 is 0 Å². The van der Waals surface area contributed by atoms with E-state index in [1.54, 1.807) is 49.4 Å². The van der Waals surface area contributed by atoms with Gasteiger partial charge in [0.2, 0.25) is 11.8 Å². The summed E-state index contributed by atoms with van der Waals surface area (Å²) in [6, 6.07) is 21.3. The van der Waals surface area contributed by atoms with Crippen molar-refractivity contribution < 1.29 is 22.7 Å². The quantitative estimate of drug-likeness (QED) is 0.357. The molecule has 39 heavy (non-hydrogen) atoms. The first-order valence-electron chi connectivity index (χ1n) is 12.9. The van der Waals surface area contributed by atoms with E-state index in [0.717, 1.165) is 21.9 Å². The molecular formula is C30H37N3O5S. The van der Waals surface area contributed by atoms with Crippen LogP contribution in [0.25, 0.3) is 0 Å². The Labute approximate surface area is 231 Å². The van der Waals surface area contributed by atoms with Crippen LogP contribution in [-0.4, -0.2) is 50.9 Å². The predicted molar refractivity (Wildman–Crippen MR) is 153 cm³/mol. The van der Waals surface area contributed by atoms with E-state index in [1.165, 1.54) is 24.1 Å². The number of sulfonamides is 1. The number of carbonyl (C=O) groups is 2. The van der Waals surface area contributed by atoms with Gasteiger partial charge in [0, 0.05) is 12.6 Å². The summed E-state index contributed by atoms with van der Waals surface area (Å²) in [6.45, 7) is 7.07. The summed E-state index contributed by atoms with van der Waals surface area (Å²) in [7, 11) is -2.72. The number of aryl methyl sites for hydroxylation is 1. The molecule has 0 saturated heterocycles. The fourth-order valence-electron chi connectivity index (χ4n) is 4.09. The van der Waals surface area contributed by atoms with E-state index in [4.69, 9.17) is 4.74 Å². The van der Waals surface area contributed by atoms with Gasteiger partial charge < -0.3 is 15.0 Å². The first-order valence-corrected chi connectivity index (χ1v) is 14.4. The second kappa shape index (κ2) is 13.3. The topological polar surface area (TPSA) is 96.0 Å². The lowest BCUT2D eigenvalue weighted by Crippen LogP contribution is -2.52. The van der Waals surface area contributed by atoms with Gasteiger partial charge in [0.1, 0.15) is 18.3 Å². The van der Waals surface area contributed by atoms with Crippen LogP contribution in [0, 0.1) is 6.92 Å². The Hall–Kier alpha value is -3.85. The minimum atomic E-state index is -4.16. The fourth-order valence-corrected chi connectivity index (χ4v) is 5.53. The van der Waals surface area contributed by atoms with Crippen molar-refractivity contribution in [2.45, 2.75) is 57.6 Å². The maximum Gasteiger partial charge on any atom is 0.264 e. The number of hydrogen-bond donors (Lipinski definition) is 1. The fraction of sp³-hybridized carbons (Fsp3) is 0.333. The highest BCUT2D eigenvalue weighted by Gasteiger charge is 2.34. The number of anilines is 1. The van der Waals surface area contributed by atoms with Crippen molar-refractivity contribution in [2.24, 2.45) is 0 Å². The minimum absolute atomic E-state index is 0.0386. The molecule has 8 nitrogen and oxygen atoms in total. The monoisotopic (exact) mass is 551 g/mol. The van der Waals surface area contributed by atoms with E-state index in [9.17, 15) is 18.0 Å². The molecule has 2 unspecified atom stereocenters. The zero-order valence-corrected chi connectivity index (χ0v) is 23.9. The number of para-hydroxylation sites is 2. The standard InChI is InChI=1S/C30H37N3O5S/c1-6-23(3)31-30(35)24(4)32(20-25-15-11-10-14-22(25)2)29(34)21-33(27-18-12-13-19-28(27)38-5)39(36,37)26-16-8-7-9-17-26/h7-19,23-24H,6,20-21H2,1-5H3,(H,31,35). The molecule has 0 aliphatic rings. The molecule has 1 N–H and O–H groups in total. The number of rotatable bonds is 12. The second-order valence-corrected chi connectivity index (χ2v) is 11.3. The SMILES string of the molecule is CCC(C)NC(=O)C(C)N(Cc1ccccc1C)C(=O)CN(c1ccccc1OC)S(=O)(=O)c1ccccc1. The molecule has 0 aliphatic heterocycles. The number of hydrogen-bond acceptors (Lipinski definition) is 5. The van der Waals surface area contributed by atoms with Crippen LogP contribution in [0.15, 0.2) is 83.8 Å². The van der Waals surface area contributed by atoms with Gasteiger partial charge in [-0.2, -0.15) is 0 Å². The van der Waals surface area contributed by atoms with Crippen molar-refractivity contribution in [3.8, 4) is 5.75 Å². The summed E-state index contributed by atoms with van der Waals surface area (Å²) >= 11 is 0. The number of methoxy groups -OCH3 is 1. The third kappa shape index (κ3) is 7.17. The Balaban J connectivity index is 2.06. The van der Waals surface area contributed by atoms with Crippen molar-refractivity contribution in [1.29, 1.82) is 0 Å². The Kier molecular flexibility index (Phi) is 10.1. The smallest absolute Gasteiger partial charge is 0.264 e. The average molecular weight is 552 g/mol. The molecule has 0 aromatic heterocycles. The van der Waals surface area contributed by atoms with Crippen LogP contribution >= 0.6 is 0 Å². The van der Waals surface area contributed by atoms with Crippen LogP contribution in [0.3, 0.4) is 0 Å². The number of nitrogens with zero attached hydrogens (tertiary/aromatic N) is 2. The van der Waals surface area contributed by atoms with Gasteiger partial charge in [-0.15, -0.1) is 0 Å². The highest BCUT2D eigenvalue weighted by atomic mass is 32.2. The summed E-state index contributed by atoms with van der Waals surface area (Å²) in [6.07, 6.45) is 0.737. The number of amides is 2. The molecule has 208 valence electrons. The molecule has 0 spiro atoms. The Morgan fingerprint density at radius 2 is 1.54 bits per heavy atom. The third-order valence-electron chi connectivity index (χ3n) is 6.73. The maximum atomic E-state index is 14.0. The molecule has 3 aromatic carbocycles. The van der Waals surface area contributed by atoms with Crippen molar-refractivity contribution >= 4 is 27.5 Å². The molecule has 9 heteroatoms. The highest BCUT2D eigenvalue weighted by Crippen LogP contribution is 2.32.